The first-order valence-electron chi connectivity index (χ1n) is 8.81. The number of para-hydroxylation sites is 1. The summed E-state index contributed by atoms with van der Waals surface area (Å²) >= 11 is 12.0. The van der Waals surface area contributed by atoms with E-state index < -0.39 is 6.04 Å². The Kier molecular flexibility index (Phi) is 5.91. The van der Waals surface area contributed by atoms with Crippen molar-refractivity contribution < 1.29 is 4.79 Å². The molecule has 1 aromatic heterocycles. The van der Waals surface area contributed by atoms with Crippen molar-refractivity contribution >= 4 is 45.8 Å². The van der Waals surface area contributed by atoms with Gasteiger partial charge in [-0.2, -0.15) is 0 Å². The number of aromatic amines is 1. The van der Waals surface area contributed by atoms with E-state index in [0.717, 1.165) is 0 Å². The molecule has 0 aliphatic heterocycles. The summed E-state index contributed by atoms with van der Waals surface area (Å²) in [6.07, 6.45) is 0. The molecule has 0 spiro atoms. The van der Waals surface area contributed by atoms with Crippen LogP contribution in [0.3, 0.4) is 0 Å². The molecule has 0 bridgehead atoms. The van der Waals surface area contributed by atoms with Gasteiger partial charge in [-0.05, 0) is 51.1 Å². The van der Waals surface area contributed by atoms with Crippen molar-refractivity contribution in [3.8, 4) is 0 Å². The summed E-state index contributed by atoms with van der Waals surface area (Å²) in [5, 5.41) is 4.09. The predicted octanol–water partition coefficient (Wildman–Crippen LogP) is 5.23. The number of urea groups is 1. The van der Waals surface area contributed by atoms with Crippen LogP contribution in [0.5, 0.6) is 0 Å². The molecule has 0 saturated heterocycles. The van der Waals surface area contributed by atoms with E-state index in [1.54, 1.807) is 41.3 Å². The smallest absolute Gasteiger partial charge is 0.312 e. The topological polar surface area (TPSA) is 78.1 Å². The number of anilines is 1. The molecule has 0 aliphatic rings. The van der Waals surface area contributed by atoms with Crippen LogP contribution in [0.2, 0.25) is 10.0 Å². The van der Waals surface area contributed by atoms with Crippen LogP contribution in [-0.4, -0.2) is 26.9 Å². The van der Waals surface area contributed by atoms with Gasteiger partial charge in [0.25, 0.3) is 5.56 Å². The van der Waals surface area contributed by atoms with E-state index in [0.29, 0.717) is 32.5 Å². The third-order valence-electron chi connectivity index (χ3n) is 4.41. The van der Waals surface area contributed by atoms with Crippen molar-refractivity contribution in [2.75, 3.05) is 5.32 Å². The SMILES string of the molecule is CC(C)N(C(=O)Nc1ccc(Cl)c(Cl)c1)[C@H](C)c1nc2ccccc2c(=O)[nH]1. The number of amides is 2. The largest absolute Gasteiger partial charge is 0.322 e. The molecule has 3 rings (SSSR count). The van der Waals surface area contributed by atoms with Gasteiger partial charge in [0.1, 0.15) is 5.82 Å². The number of H-pyrrole nitrogens is 1. The number of hydrogen-bond acceptors (Lipinski definition) is 3. The van der Waals surface area contributed by atoms with Gasteiger partial charge < -0.3 is 15.2 Å². The zero-order valence-electron chi connectivity index (χ0n) is 15.7. The van der Waals surface area contributed by atoms with Gasteiger partial charge in [0.2, 0.25) is 0 Å². The molecule has 2 amide bonds. The van der Waals surface area contributed by atoms with Crippen molar-refractivity contribution in [2.45, 2.75) is 32.9 Å². The Morgan fingerprint density at radius 3 is 2.50 bits per heavy atom. The van der Waals surface area contributed by atoms with E-state index in [9.17, 15) is 9.59 Å². The molecule has 8 heteroatoms. The van der Waals surface area contributed by atoms with Crippen molar-refractivity contribution in [1.82, 2.24) is 14.9 Å². The molecule has 0 aliphatic carbocycles. The number of nitrogens with zero attached hydrogens (tertiary/aromatic N) is 2. The zero-order chi connectivity index (χ0) is 20.4. The fourth-order valence-electron chi connectivity index (χ4n) is 3.05. The second-order valence-corrected chi connectivity index (χ2v) is 7.52. The summed E-state index contributed by atoms with van der Waals surface area (Å²) in [6.45, 7) is 5.61. The first kappa shape index (κ1) is 20.2. The molecular formula is C20H20Cl2N4O2. The molecule has 28 heavy (non-hydrogen) atoms. The molecule has 0 saturated carbocycles. The third kappa shape index (κ3) is 4.13. The van der Waals surface area contributed by atoms with Crippen LogP contribution in [-0.2, 0) is 0 Å². The monoisotopic (exact) mass is 418 g/mol. The summed E-state index contributed by atoms with van der Waals surface area (Å²) in [7, 11) is 0. The van der Waals surface area contributed by atoms with E-state index in [1.165, 1.54) is 0 Å². The first-order chi connectivity index (χ1) is 13.3. The molecule has 1 heterocycles. The van der Waals surface area contributed by atoms with Crippen LogP contribution in [0, 0.1) is 0 Å². The number of aromatic nitrogens is 2. The van der Waals surface area contributed by atoms with Crippen molar-refractivity contribution in [2.24, 2.45) is 0 Å². The number of rotatable bonds is 4. The lowest BCUT2D eigenvalue weighted by Gasteiger charge is -2.32. The van der Waals surface area contributed by atoms with E-state index >= 15 is 0 Å². The number of hydrogen-bond donors (Lipinski definition) is 2. The van der Waals surface area contributed by atoms with E-state index in [-0.39, 0.29) is 17.6 Å². The van der Waals surface area contributed by atoms with Crippen molar-refractivity contribution in [3.63, 3.8) is 0 Å². The van der Waals surface area contributed by atoms with E-state index in [4.69, 9.17) is 23.2 Å². The second kappa shape index (κ2) is 8.20. The Morgan fingerprint density at radius 1 is 1.11 bits per heavy atom. The molecular weight excluding hydrogens is 399 g/mol. The number of fused-ring (bicyclic) bond motifs is 1. The van der Waals surface area contributed by atoms with Crippen molar-refractivity contribution in [3.05, 3.63) is 68.7 Å². The number of carbonyl (C=O) groups is 1. The van der Waals surface area contributed by atoms with Crippen molar-refractivity contribution in [1.29, 1.82) is 0 Å². The minimum Gasteiger partial charge on any atom is -0.312 e. The number of halogens is 2. The first-order valence-corrected chi connectivity index (χ1v) is 9.57. The summed E-state index contributed by atoms with van der Waals surface area (Å²) < 4.78 is 0. The Labute approximate surface area is 172 Å². The van der Waals surface area contributed by atoms with Gasteiger partial charge in [0.15, 0.2) is 0 Å². The van der Waals surface area contributed by atoms with Crippen LogP contribution in [0.25, 0.3) is 10.9 Å². The normalized spacial score (nSPS) is 12.2. The Bertz CT molecular complexity index is 1080. The van der Waals surface area contributed by atoms with Gasteiger partial charge in [0.05, 0.1) is 27.0 Å². The van der Waals surface area contributed by atoms with E-state index in [2.05, 4.69) is 15.3 Å². The number of benzene rings is 2. The van der Waals surface area contributed by atoms with Crippen LogP contribution in [0.1, 0.15) is 32.6 Å². The summed E-state index contributed by atoms with van der Waals surface area (Å²) in [5.74, 6) is 0.418. The van der Waals surface area contributed by atoms with Gasteiger partial charge in [-0.1, -0.05) is 35.3 Å². The fraction of sp³-hybridized carbons (Fsp3) is 0.250. The minimum atomic E-state index is -0.458. The molecule has 1 atom stereocenters. The van der Waals surface area contributed by atoms with Crippen LogP contribution >= 0.6 is 23.2 Å². The van der Waals surface area contributed by atoms with Crippen LogP contribution in [0.15, 0.2) is 47.3 Å². The molecule has 6 nitrogen and oxygen atoms in total. The summed E-state index contributed by atoms with van der Waals surface area (Å²) in [6, 6.07) is 11.0. The maximum Gasteiger partial charge on any atom is 0.322 e. The molecule has 2 aromatic carbocycles. The summed E-state index contributed by atoms with van der Waals surface area (Å²) in [4.78, 5) is 34.3. The Balaban J connectivity index is 1.91. The summed E-state index contributed by atoms with van der Waals surface area (Å²) in [5.41, 5.74) is 0.875. The predicted molar refractivity (Wildman–Crippen MR) is 113 cm³/mol. The Morgan fingerprint density at radius 2 is 1.82 bits per heavy atom. The van der Waals surface area contributed by atoms with Gasteiger partial charge in [-0.15, -0.1) is 0 Å². The number of nitrogens with one attached hydrogen (secondary N) is 2. The van der Waals surface area contributed by atoms with Gasteiger partial charge in [-0.3, -0.25) is 4.79 Å². The lowest BCUT2D eigenvalue weighted by atomic mass is 10.2. The standard InChI is InChI=1S/C20H20Cl2N4O2/c1-11(2)26(20(28)23-13-8-9-15(21)16(22)10-13)12(3)18-24-17-7-5-4-6-14(17)19(27)25-18/h4-12H,1-3H3,(H,23,28)(H,24,25,27)/t12-/m1/s1. The molecule has 146 valence electrons. The molecule has 0 radical (unpaired) electrons. The van der Waals surface area contributed by atoms with E-state index in [1.807, 2.05) is 26.8 Å². The maximum absolute atomic E-state index is 12.9. The highest BCUT2D eigenvalue weighted by atomic mass is 35.5. The third-order valence-corrected chi connectivity index (χ3v) is 5.14. The maximum atomic E-state index is 12.9. The number of carbonyl (C=O) groups excluding carboxylic acids is 1. The highest BCUT2D eigenvalue weighted by Crippen LogP contribution is 2.26. The van der Waals surface area contributed by atoms with Gasteiger partial charge in [-0.25, -0.2) is 9.78 Å². The fourth-order valence-corrected chi connectivity index (χ4v) is 3.35. The quantitative estimate of drug-likeness (QED) is 0.608. The molecule has 2 N–H and O–H groups in total. The second-order valence-electron chi connectivity index (χ2n) is 6.70. The zero-order valence-corrected chi connectivity index (χ0v) is 17.2. The molecule has 0 fully saturated rings. The Hall–Kier alpha value is -2.57. The van der Waals surface area contributed by atoms with Gasteiger partial charge >= 0.3 is 6.03 Å². The van der Waals surface area contributed by atoms with Gasteiger partial charge in [0, 0.05) is 11.7 Å². The van der Waals surface area contributed by atoms with Crippen LogP contribution < -0.4 is 10.9 Å². The van der Waals surface area contributed by atoms with Crippen LogP contribution in [0.4, 0.5) is 10.5 Å². The average molecular weight is 419 g/mol. The lowest BCUT2D eigenvalue weighted by Crippen LogP contribution is -2.42. The average Bonchev–Trinajstić information content (AvgIpc) is 2.64. The highest BCUT2D eigenvalue weighted by molar-refractivity contribution is 6.42. The minimum absolute atomic E-state index is 0.144. The lowest BCUT2D eigenvalue weighted by molar-refractivity contribution is 0.170. The highest BCUT2D eigenvalue weighted by Gasteiger charge is 2.26. The molecule has 0 unspecified atom stereocenters. The molecule has 3 aromatic rings.